The molecule has 0 bridgehead atoms. The maximum atomic E-state index is 12.2. The number of alkyl halides is 1. The van der Waals surface area contributed by atoms with E-state index in [9.17, 15) is 13.2 Å². The number of sulfone groups is 1. The van der Waals surface area contributed by atoms with Gasteiger partial charge in [-0.15, -0.1) is 11.6 Å². The molecule has 0 spiro atoms. The Morgan fingerprint density at radius 1 is 1.38 bits per heavy atom. The molecule has 4 unspecified atom stereocenters. The minimum absolute atomic E-state index is 0.0644. The predicted molar refractivity (Wildman–Crippen MR) is 83.1 cm³/mol. The SMILES string of the molecule is CC1CCCC(CN)N1CC(=O)NC1CS(=O)(=O)CC1Cl. The van der Waals surface area contributed by atoms with Gasteiger partial charge in [0.15, 0.2) is 9.84 Å². The maximum absolute atomic E-state index is 12.2. The van der Waals surface area contributed by atoms with E-state index in [4.69, 9.17) is 17.3 Å². The van der Waals surface area contributed by atoms with Gasteiger partial charge in [-0.25, -0.2) is 8.42 Å². The van der Waals surface area contributed by atoms with Crippen molar-refractivity contribution < 1.29 is 13.2 Å². The third kappa shape index (κ3) is 4.31. The summed E-state index contributed by atoms with van der Waals surface area (Å²) < 4.78 is 23.0. The lowest BCUT2D eigenvalue weighted by Crippen LogP contribution is -2.54. The van der Waals surface area contributed by atoms with Gasteiger partial charge in [0.2, 0.25) is 5.91 Å². The number of nitrogens with two attached hydrogens (primary N) is 1. The van der Waals surface area contributed by atoms with Crippen molar-refractivity contribution >= 4 is 27.3 Å². The molecular formula is C13H24ClN3O3S. The molecule has 0 radical (unpaired) electrons. The molecule has 4 atom stereocenters. The monoisotopic (exact) mass is 337 g/mol. The van der Waals surface area contributed by atoms with Crippen LogP contribution in [0.5, 0.6) is 0 Å². The van der Waals surface area contributed by atoms with Crippen molar-refractivity contribution in [2.75, 3.05) is 24.6 Å². The molecule has 0 saturated carbocycles. The van der Waals surface area contributed by atoms with Crippen molar-refractivity contribution in [1.82, 2.24) is 10.2 Å². The first-order valence-corrected chi connectivity index (χ1v) is 9.68. The molecule has 0 aromatic heterocycles. The average molecular weight is 338 g/mol. The zero-order valence-electron chi connectivity index (χ0n) is 12.3. The van der Waals surface area contributed by atoms with Crippen LogP contribution < -0.4 is 11.1 Å². The Bertz CT molecular complexity index is 485. The Labute approximate surface area is 131 Å². The van der Waals surface area contributed by atoms with Gasteiger partial charge in [0.25, 0.3) is 0 Å². The molecule has 8 heteroatoms. The highest BCUT2D eigenvalue weighted by Crippen LogP contribution is 2.22. The Kier molecular flexibility index (Phi) is 5.51. The van der Waals surface area contributed by atoms with E-state index in [1.807, 2.05) is 0 Å². The van der Waals surface area contributed by atoms with Gasteiger partial charge in [-0.05, 0) is 19.8 Å². The van der Waals surface area contributed by atoms with Crippen LogP contribution in [0, 0.1) is 0 Å². The first-order valence-electron chi connectivity index (χ1n) is 7.42. The van der Waals surface area contributed by atoms with Crippen LogP contribution in [0.2, 0.25) is 0 Å². The molecule has 1 amide bonds. The van der Waals surface area contributed by atoms with Gasteiger partial charge in [-0.2, -0.15) is 0 Å². The molecule has 21 heavy (non-hydrogen) atoms. The van der Waals surface area contributed by atoms with Crippen LogP contribution in [0.25, 0.3) is 0 Å². The standard InChI is InChI=1S/C13H24ClN3O3S/c1-9-3-2-4-10(5-15)17(9)6-13(18)16-12-8-21(19,20)7-11(12)14/h9-12H,2-8,15H2,1H3,(H,16,18). The van der Waals surface area contributed by atoms with Gasteiger partial charge in [0.1, 0.15) is 0 Å². The predicted octanol–water partition coefficient (Wildman–Crippen LogP) is -0.291. The lowest BCUT2D eigenvalue weighted by molar-refractivity contribution is -0.124. The highest BCUT2D eigenvalue weighted by molar-refractivity contribution is 7.91. The fourth-order valence-corrected chi connectivity index (χ4v) is 5.78. The summed E-state index contributed by atoms with van der Waals surface area (Å²) in [6.07, 6.45) is 3.19. The van der Waals surface area contributed by atoms with Crippen molar-refractivity contribution in [3.05, 3.63) is 0 Å². The van der Waals surface area contributed by atoms with Crippen LogP contribution in [0.3, 0.4) is 0 Å². The number of carbonyl (C=O) groups excluding carboxylic acids is 1. The summed E-state index contributed by atoms with van der Waals surface area (Å²) in [6, 6.07) is 0.0522. The van der Waals surface area contributed by atoms with Gasteiger partial charge in [0.05, 0.1) is 29.5 Å². The first-order chi connectivity index (χ1) is 9.82. The Morgan fingerprint density at radius 3 is 2.67 bits per heavy atom. The summed E-state index contributed by atoms with van der Waals surface area (Å²) in [6.45, 7) is 2.89. The molecule has 2 saturated heterocycles. The number of halogens is 1. The van der Waals surface area contributed by atoms with Gasteiger partial charge in [0, 0.05) is 18.6 Å². The minimum atomic E-state index is -3.13. The number of carbonyl (C=O) groups is 1. The minimum Gasteiger partial charge on any atom is -0.350 e. The smallest absolute Gasteiger partial charge is 0.234 e. The summed E-state index contributed by atoms with van der Waals surface area (Å²) >= 11 is 6.01. The topological polar surface area (TPSA) is 92.5 Å². The number of rotatable bonds is 4. The number of nitrogens with zero attached hydrogens (tertiary/aromatic N) is 1. The number of amides is 1. The highest BCUT2D eigenvalue weighted by atomic mass is 35.5. The zero-order valence-corrected chi connectivity index (χ0v) is 13.9. The quantitative estimate of drug-likeness (QED) is 0.688. The zero-order chi connectivity index (χ0) is 15.6. The molecule has 0 aromatic rings. The van der Waals surface area contributed by atoms with Crippen LogP contribution in [0.4, 0.5) is 0 Å². The number of hydrogen-bond acceptors (Lipinski definition) is 5. The van der Waals surface area contributed by atoms with Crippen molar-refractivity contribution in [3.8, 4) is 0 Å². The lowest BCUT2D eigenvalue weighted by Gasteiger charge is -2.39. The van der Waals surface area contributed by atoms with Gasteiger partial charge in [-0.3, -0.25) is 9.69 Å². The molecule has 2 rings (SSSR count). The summed E-state index contributed by atoms with van der Waals surface area (Å²) in [5.41, 5.74) is 5.78. The van der Waals surface area contributed by atoms with E-state index in [0.29, 0.717) is 12.6 Å². The summed E-state index contributed by atoms with van der Waals surface area (Å²) in [5.74, 6) is -0.302. The molecule has 6 nitrogen and oxygen atoms in total. The Morgan fingerprint density at radius 2 is 2.10 bits per heavy atom. The number of nitrogens with one attached hydrogen (secondary N) is 1. The average Bonchev–Trinajstić information content (AvgIpc) is 2.64. The molecule has 122 valence electrons. The fourth-order valence-electron chi connectivity index (χ4n) is 3.23. The second-order valence-corrected chi connectivity index (χ2v) is 8.82. The van der Waals surface area contributed by atoms with E-state index < -0.39 is 21.3 Å². The first kappa shape index (κ1) is 17.0. The van der Waals surface area contributed by atoms with Gasteiger partial charge < -0.3 is 11.1 Å². The summed E-state index contributed by atoms with van der Waals surface area (Å²) in [5, 5.41) is 2.23. The number of hydrogen-bond donors (Lipinski definition) is 2. The van der Waals surface area contributed by atoms with E-state index >= 15 is 0 Å². The molecule has 2 heterocycles. The summed E-state index contributed by atoms with van der Waals surface area (Å²) in [7, 11) is -3.13. The van der Waals surface area contributed by atoms with Crippen molar-refractivity contribution in [3.63, 3.8) is 0 Å². The van der Waals surface area contributed by atoms with Gasteiger partial charge >= 0.3 is 0 Å². The van der Waals surface area contributed by atoms with E-state index in [1.54, 1.807) is 0 Å². The van der Waals surface area contributed by atoms with Crippen molar-refractivity contribution in [2.24, 2.45) is 5.73 Å². The van der Waals surface area contributed by atoms with E-state index in [0.717, 1.165) is 19.3 Å². The van der Waals surface area contributed by atoms with Crippen LogP contribution in [0.1, 0.15) is 26.2 Å². The Balaban J connectivity index is 1.92. The molecule has 2 aliphatic heterocycles. The Hall–Kier alpha value is -0.370. The third-order valence-electron chi connectivity index (χ3n) is 4.42. The molecule has 3 N–H and O–H groups in total. The molecule has 2 aliphatic rings. The maximum Gasteiger partial charge on any atom is 0.234 e. The summed E-state index contributed by atoms with van der Waals surface area (Å²) in [4.78, 5) is 14.3. The molecule has 0 aliphatic carbocycles. The van der Waals surface area contributed by atoms with Crippen molar-refractivity contribution in [2.45, 2.75) is 49.7 Å². The fraction of sp³-hybridized carbons (Fsp3) is 0.923. The highest BCUT2D eigenvalue weighted by Gasteiger charge is 2.38. The van der Waals surface area contributed by atoms with E-state index in [1.165, 1.54) is 0 Å². The third-order valence-corrected chi connectivity index (χ3v) is 6.80. The van der Waals surface area contributed by atoms with Crippen molar-refractivity contribution in [1.29, 1.82) is 0 Å². The number of likely N-dealkylation sites (tertiary alicyclic amines) is 1. The van der Waals surface area contributed by atoms with Crippen LogP contribution in [-0.4, -0.2) is 67.3 Å². The molecular weight excluding hydrogens is 314 g/mol. The van der Waals surface area contributed by atoms with Gasteiger partial charge in [-0.1, -0.05) is 6.42 Å². The van der Waals surface area contributed by atoms with Crippen LogP contribution in [-0.2, 0) is 14.6 Å². The molecule has 0 aromatic carbocycles. The second-order valence-electron chi connectivity index (χ2n) is 6.11. The molecule has 2 fully saturated rings. The largest absolute Gasteiger partial charge is 0.350 e. The normalized spacial score (nSPS) is 36.5. The van der Waals surface area contributed by atoms with Crippen LogP contribution in [0.15, 0.2) is 0 Å². The lowest BCUT2D eigenvalue weighted by atomic mass is 9.96. The second kappa shape index (κ2) is 6.81. The van der Waals surface area contributed by atoms with E-state index in [-0.39, 0.29) is 30.0 Å². The number of piperidine rings is 1. The van der Waals surface area contributed by atoms with E-state index in [2.05, 4.69) is 17.1 Å². The van der Waals surface area contributed by atoms with Crippen LogP contribution >= 0.6 is 11.6 Å².